The Kier molecular flexibility index (Phi) is 2.97. The molecule has 0 radical (unpaired) electrons. The number of fused-ring (bicyclic) bond motifs is 1. The molecule has 1 aliphatic heterocycles. The van der Waals surface area contributed by atoms with Crippen molar-refractivity contribution in [1.29, 1.82) is 0 Å². The minimum Gasteiger partial charge on any atom is -0.351 e. The maximum atomic E-state index is 4.68. The SMILES string of the molecule is Cc1nc(NC2CCCC2)nc2c1CNCC2. The van der Waals surface area contributed by atoms with Crippen LogP contribution in [-0.4, -0.2) is 22.6 Å². The lowest BCUT2D eigenvalue weighted by Gasteiger charge is -2.20. The number of anilines is 1. The zero-order chi connectivity index (χ0) is 11.7. The van der Waals surface area contributed by atoms with E-state index in [0.29, 0.717) is 6.04 Å². The lowest BCUT2D eigenvalue weighted by Crippen LogP contribution is -2.27. The second-order valence-electron chi connectivity index (χ2n) is 5.11. The van der Waals surface area contributed by atoms with E-state index in [0.717, 1.165) is 31.2 Å². The predicted molar refractivity (Wildman–Crippen MR) is 68.1 cm³/mol. The predicted octanol–water partition coefficient (Wildman–Crippen LogP) is 1.79. The minimum atomic E-state index is 0.592. The average molecular weight is 232 g/mol. The first-order valence-corrected chi connectivity index (χ1v) is 6.66. The van der Waals surface area contributed by atoms with Crippen LogP contribution in [-0.2, 0) is 13.0 Å². The fraction of sp³-hybridized carbons (Fsp3) is 0.692. The molecule has 4 nitrogen and oxygen atoms in total. The summed E-state index contributed by atoms with van der Waals surface area (Å²) in [5, 5.41) is 6.86. The summed E-state index contributed by atoms with van der Waals surface area (Å²) < 4.78 is 0. The van der Waals surface area contributed by atoms with E-state index in [1.165, 1.54) is 36.9 Å². The Balaban J connectivity index is 1.82. The van der Waals surface area contributed by atoms with E-state index in [1.807, 2.05) is 0 Å². The van der Waals surface area contributed by atoms with Gasteiger partial charge in [0, 0.05) is 36.8 Å². The van der Waals surface area contributed by atoms with Gasteiger partial charge < -0.3 is 10.6 Å². The van der Waals surface area contributed by atoms with Gasteiger partial charge in [0.2, 0.25) is 5.95 Å². The van der Waals surface area contributed by atoms with Crippen LogP contribution >= 0.6 is 0 Å². The molecule has 1 saturated carbocycles. The highest BCUT2D eigenvalue weighted by molar-refractivity contribution is 5.36. The summed E-state index contributed by atoms with van der Waals surface area (Å²) in [6.45, 7) is 4.05. The number of rotatable bonds is 2. The Hall–Kier alpha value is -1.16. The van der Waals surface area contributed by atoms with E-state index in [4.69, 9.17) is 0 Å². The molecule has 0 bridgehead atoms. The summed E-state index contributed by atoms with van der Waals surface area (Å²) in [6, 6.07) is 0.592. The average Bonchev–Trinajstić information content (AvgIpc) is 2.82. The van der Waals surface area contributed by atoms with Crippen LogP contribution in [0.25, 0.3) is 0 Å². The van der Waals surface area contributed by atoms with Gasteiger partial charge in [0.05, 0.1) is 5.69 Å². The highest BCUT2D eigenvalue weighted by Crippen LogP contribution is 2.22. The number of hydrogen-bond acceptors (Lipinski definition) is 4. The Morgan fingerprint density at radius 1 is 1.24 bits per heavy atom. The summed E-state index contributed by atoms with van der Waals surface area (Å²) in [7, 11) is 0. The molecule has 0 saturated heterocycles. The molecule has 0 spiro atoms. The van der Waals surface area contributed by atoms with Crippen LogP contribution in [0.15, 0.2) is 0 Å². The maximum absolute atomic E-state index is 4.68. The van der Waals surface area contributed by atoms with Gasteiger partial charge in [0.15, 0.2) is 0 Å². The van der Waals surface area contributed by atoms with E-state index in [-0.39, 0.29) is 0 Å². The van der Waals surface area contributed by atoms with E-state index >= 15 is 0 Å². The Bertz CT molecular complexity index is 410. The van der Waals surface area contributed by atoms with Crippen molar-refractivity contribution in [3.63, 3.8) is 0 Å². The Morgan fingerprint density at radius 2 is 2.06 bits per heavy atom. The molecule has 1 aromatic rings. The van der Waals surface area contributed by atoms with Gasteiger partial charge in [-0.3, -0.25) is 0 Å². The number of hydrogen-bond donors (Lipinski definition) is 2. The molecule has 0 atom stereocenters. The third-order valence-corrected chi connectivity index (χ3v) is 3.83. The molecule has 1 aromatic heterocycles. The molecule has 2 aliphatic rings. The summed E-state index contributed by atoms with van der Waals surface area (Å²) in [5.74, 6) is 0.843. The van der Waals surface area contributed by atoms with Crippen LogP contribution < -0.4 is 10.6 Å². The van der Waals surface area contributed by atoms with Crippen LogP contribution in [0.1, 0.15) is 42.6 Å². The van der Waals surface area contributed by atoms with Gasteiger partial charge in [0.25, 0.3) is 0 Å². The molecule has 0 aromatic carbocycles. The summed E-state index contributed by atoms with van der Waals surface area (Å²) in [4.78, 5) is 9.26. The summed E-state index contributed by atoms with van der Waals surface area (Å²) in [6.07, 6.45) is 6.23. The van der Waals surface area contributed by atoms with Crippen molar-refractivity contribution in [2.75, 3.05) is 11.9 Å². The van der Waals surface area contributed by atoms with E-state index < -0.39 is 0 Å². The van der Waals surface area contributed by atoms with Crippen LogP contribution in [0.5, 0.6) is 0 Å². The topological polar surface area (TPSA) is 49.8 Å². The molecule has 2 heterocycles. The first-order chi connectivity index (χ1) is 8.33. The quantitative estimate of drug-likeness (QED) is 0.816. The van der Waals surface area contributed by atoms with Gasteiger partial charge in [-0.15, -0.1) is 0 Å². The second-order valence-corrected chi connectivity index (χ2v) is 5.11. The van der Waals surface area contributed by atoms with Crippen molar-refractivity contribution in [3.8, 4) is 0 Å². The maximum Gasteiger partial charge on any atom is 0.223 e. The van der Waals surface area contributed by atoms with Gasteiger partial charge in [-0.05, 0) is 19.8 Å². The zero-order valence-electron chi connectivity index (χ0n) is 10.4. The van der Waals surface area contributed by atoms with Crippen molar-refractivity contribution >= 4 is 5.95 Å². The fourth-order valence-electron chi connectivity index (χ4n) is 2.83. The van der Waals surface area contributed by atoms with Crippen LogP contribution in [0, 0.1) is 6.92 Å². The standard InChI is InChI=1S/C13H20N4/c1-9-11-8-14-7-6-12(11)17-13(15-9)16-10-4-2-3-5-10/h10,14H,2-8H2,1H3,(H,15,16,17). The lowest BCUT2D eigenvalue weighted by molar-refractivity contribution is 0.619. The first-order valence-electron chi connectivity index (χ1n) is 6.66. The fourth-order valence-corrected chi connectivity index (χ4v) is 2.83. The molecule has 2 N–H and O–H groups in total. The second kappa shape index (κ2) is 4.61. The third kappa shape index (κ3) is 2.27. The Morgan fingerprint density at radius 3 is 2.88 bits per heavy atom. The highest BCUT2D eigenvalue weighted by atomic mass is 15.1. The molecular weight excluding hydrogens is 212 g/mol. The zero-order valence-corrected chi connectivity index (χ0v) is 10.4. The Labute approximate surface area is 102 Å². The van der Waals surface area contributed by atoms with Crippen molar-refractivity contribution < 1.29 is 0 Å². The van der Waals surface area contributed by atoms with E-state index in [9.17, 15) is 0 Å². The number of aromatic nitrogens is 2. The van der Waals surface area contributed by atoms with Crippen molar-refractivity contribution in [2.45, 2.75) is 51.6 Å². The van der Waals surface area contributed by atoms with Crippen LogP contribution in [0.3, 0.4) is 0 Å². The normalized spacial score (nSPS) is 20.3. The molecule has 4 heteroatoms. The van der Waals surface area contributed by atoms with Crippen LogP contribution in [0.2, 0.25) is 0 Å². The van der Waals surface area contributed by atoms with Gasteiger partial charge >= 0.3 is 0 Å². The molecule has 1 fully saturated rings. The van der Waals surface area contributed by atoms with Crippen molar-refractivity contribution in [1.82, 2.24) is 15.3 Å². The van der Waals surface area contributed by atoms with Crippen molar-refractivity contribution in [2.24, 2.45) is 0 Å². The first kappa shape index (κ1) is 11.0. The molecule has 92 valence electrons. The lowest BCUT2D eigenvalue weighted by atomic mass is 10.1. The molecule has 3 rings (SSSR count). The van der Waals surface area contributed by atoms with Gasteiger partial charge in [-0.25, -0.2) is 9.97 Å². The van der Waals surface area contributed by atoms with Crippen molar-refractivity contribution in [3.05, 3.63) is 17.0 Å². The number of aryl methyl sites for hydroxylation is 1. The van der Waals surface area contributed by atoms with Gasteiger partial charge in [-0.2, -0.15) is 0 Å². The van der Waals surface area contributed by atoms with E-state index in [2.05, 4.69) is 27.5 Å². The number of nitrogens with one attached hydrogen (secondary N) is 2. The highest BCUT2D eigenvalue weighted by Gasteiger charge is 2.18. The van der Waals surface area contributed by atoms with Gasteiger partial charge in [0.1, 0.15) is 0 Å². The van der Waals surface area contributed by atoms with Crippen LogP contribution in [0.4, 0.5) is 5.95 Å². The molecule has 0 unspecified atom stereocenters. The molecule has 1 aliphatic carbocycles. The minimum absolute atomic E-state index is 0.592. The summed E-state index contributed by atoms with van der Waals surface area (Å²) in [5.41, 5.74) is 3.66. The third-order valence-electron chi connectivity index (χ3n) is 3.83. The van der Waals surface area contributed by atoms with E-state index in [1.54, 1.807) is 0 Å². The molecule has 17 heavy (non-hydrogen) atoms. The largest absolute Gasteiger partial charge is 0.351 e. The monoisotopic (exact) mass is 232 g/mol. The number of nitrogens with zero attached hydrogens (tertiary/aromatic N) is 2. The smallest absolute Gasteiger partial charge is 0.223 e. The molecular formula is C13H20N4. The van der Waals surface area contributed by atoms with Gasteiger partial charge in [-0.1, -0.05) is 12.8 Å². The molecule has 0 amide bonds. The summed E-state index contributed by atoms with van der Waals surface area (Å²) >= 11 is 0.